The Morgan fingerprint density at radius 2 is 1.84 bits per heavy atom. The minimum atomic E-state index is 0.506. The summed E-state index contributed by atoms with van der Waals surface area (Å²) in [6.07, 6.45) is 7.55. The van der Waals surface area contributed by atoms with E-state index in [9.17, 15) is 5.26 Å². The summed E-state index contributed by atoms with van der Waals surface area (Å²) in [4.78, 5) is 12.5. The highest BCUT2D eigenvalue weighted by Crippen LogP contribution is 2.35. The van der Waals surface area contributed by atoms with E-state index in [0.717, 1.165) is 90.3 Å². The SMILES string of the molecule is Cc1c(Nc2c(C#N)cncc2-c2ccc(OCCCCN3CCN(C)CC3)cc2)ccc2[nH]ccc12. The Morgan fingerprint density at radius 1 is 1.03 bits per heavy atom. The summed E-state index contributed by atoms with van der Waals surface area (Å²) in [6, 6.07) is 16.5. The molecule has 3 heterocycles. The van der Waals surface area contributed by atoms with Gasteiger partial charge in [-0.05, 0) is 74.8 Å². The van der Waals surface area contributed by atoms with E-state index in [0.29, 0.717) is 12.2 Å². The maximum Gasteiger partial charge on any atom is 0.119 e. The van der Waals surface area contributed by atoms with Crippen LogP contribution in [0.4, 0.5) is 11.4 Å². The van der Waals surface area contributed by atoms with Gasteiger partial charge in [-0.1, -0.05) is 12.1 Å². The number of piperazine rings is 1. The molecule has 5 rings (SSSR count). The molecule has 7 nitrogen and oxygen atoms in total. The van der Waals surface area contributed by atoms with Crippen LogP contribution in [-0.2, 0) is 0 Å². The molecule has 1 saturated heterocycles. The van der Waals surface area contributed by atoms with Crippen molar-refractivity contribution in [3.8, 4) is 22.9 Å². The number of H-pyrrole nitrogens is 1. The number of rotatable bonds is 9. The zero-order chi connectivity index (χ0) is 25.6. The fourth-order valence-electron chi connectivity index (χ4n) is 4.88. The lowest BCUT2D eigenvalue weighted by molar-refractivity contribution is 0.150. The van der Waals surface area contributed by atoms with Crippen molar-refractivity contribution in [1.82, 2.24) is 19.8 Å². The van der Waals surface area contributed by atoms with Gasteiger partial charge in [0, 0.05) is 66.9 Å². The van der Waals surface area contributed by atoms with E-state index in [-0.39, 0.29) is 0 Å². The van der Waals surface area contributed by atoms with Crippen LogP contribution in [0.5, 0.6) is 5.75 Å². The molecule has 0 unspecified atom stereocenters. The molecule has 0 amide bonds. The predicted octanol–water partition coefficient (Wildman–Crippen LogP) is 5.56. The van der Waals surface area contributed by atoms with Crippen molar-refractivity contribution >= 4 is 22.3 Å². The number of anilines is 2. The first-order valence-electron chi connectivity index (χ1n) is 13.0. The minimum Gasteiger partial charge on any atom is -0.494 e. The lowest BCUT2D eigenvalue weighted by Crippen LogP contribution is -2.44. The molecule has 2 N–H and O–H groups in total. The molecule has 2 aromatic carbocycles. The fraction of sp³-hybridized carbons (Fsp3) is 0.333. The summed E-state index contributed by atoms with van der Waals surface area (Å²) in [6.45, 7) is 8.60. The van der Waals surface area contributed by atoms with Crippen molar-refractivity contribution in [3.63, 3.8) is 0 Å². The van der Waals surface area contributed by atoms with E-state index in [2.05, 4.69) is 57.3 Å². The molecule has 0 radical (unpaired) electrons. The number of fused-ring (bicyclic) bond motifs is 1. The molecule has 0 saturated carbocycles. The number of nitriles is 1. The summed E-state index contributed by atoms with van der Waals surface area (Å²) in [5.41, 5.74) is 6.31. The van der Waals surface area contributed by atoms with Crippen LogP contribution < -0.4 is 10.1 Å². The highest BCUT2D eigenvalue weighted by molar-refractivity contribution is 5.91. The number of aryl methyl sites for hydroxylation is 1. The molecular weight excluding hydrogens is 460 g/mol. The van der Waals surface area contributed by atoms with Crippen LogP contribution in [0.1, 0.15) is 24.0 Å². The van der Waals surface area contributed by atoms with E-state index in [4.69, 9.17) is 4.74 Å². The average Bonchev–Trinajstić information content (AvgIpc) is 3.41. The number of ether oxygens (including phenoxy) is 1. The highest BCUT2D eigenvalue weighted by atomic mass is 16.5. The van der Waals surface area contributed by atoms with Gasteiger partial charge >= 0.3 is 0 Å². The molecule has 1 aliphatic rings. The van der Waals surface area contributed by atoms with Gasteiger partial charge in [0.05, 0.1) is 17.9 Å². The number of hydrogen-bond donors (Lipinski definition) is 2. The number of pyridine rings is 1. The number of nitrogens with zero attached hydrogens (tertiary/aromatic N) is 4. The second kappa shape index (κ2) is 11.5. The Balaban J connectivity index is 1.24. The highest BCUT2D eigenvalue weighted by Gasteiger charge is 2.15. The number of unbranched alkanes of at least 4 members (excludes halogenated alkanes) is 1. The quantitative estimate of drug-likeness (QED) is 0.297. The van der Waals surface area contributed by atoms with Gasteiger partial charge in [-0.15, -0.1) is 0 Å². The van der Waals surface area contributed by atoms with Crippen LogP contribution in [0.3, 0.4) is 0 Å². The van der Waals surface area contributed by atoms with Crippen molar-refractivity contribution in [2.75, 3.05) is 51.7 Å². The van der Waals surface area contributed by atoms with Gasteiger partial charge < -0.3 is 24.8 Å². The van der Waals surface area contributed by atoms with Gasteiger partial charge in [-0.25, -0.2) is 0 Å². The van der Waals surface area contributed by atoms with Gasteiger partial charge in [0.25, 0.3) is 0 Å². The third-order valence-electron chi connectivity index (χ3n) is 7.23. The Morgan fingerprint density at radius 3 is 2.62 bits per heavy atom. The lowest BCUT2D eigenvalue weighted by Gasteiger charge is -2.32. The lowest BCUT2D eigenvalue weighted by atomic mass is 10.0. The largest absolute Gasteiger partial charge is 0.494 e. The van der Waals surface area contributed by atoms with E-state index in [1.54, 1.807) is 6.20 Å². The average molecular weight is 495 g/mol. The van der Waals surface area contributed by atoms with Crippen LogP contribution in [0.2, 0.25) is 0 Å². The van der Waals surface area contributed by atoms with Crippen LogP contribution in [0.25, 0.3) is 22.0 Å². The van der Waals surface area contributed by atoms with Crippen molar-refractivity contribution in [1.29, 1.82) is 5.26 Å². The third-order valence-corrected chi connectivity index (χ3v) is 7.23. The van der Waals surface area contributed by atoms with Crippen LogP contribution >= 0.6 is 0 Å². The summed E-state index contributed by atoms with van der Waals surface area (Å²) in [7, 11) is 2.19. The van der Waals surface area contributed by atoms with E-state index >= 15 is 0 Å². The molecule has 2 aromatic heterocycles. The second-order valence-electron chi connectivity index (χ2n) is 9.75. The molecule has 7 heteroatoms. The molecule has 0 aliphatic carbocycles. The monoisotopic (exact) mass is 494 g/mol. The van der Waals surface area contributed by atoms with Crippen LogP contribution in [0.15, 0.2) is 61.1 Å². The van der Waals surface area contributed by atoms with Gasteiger partial charge in [-0.2, -0.15) is 5.26 Å². The second-order valence-corrected chi connectivity index (χ2v) is 9.75. The number of nitrogens with one attached hydrogen (secondary N) is 2. The maximum absolute atomic E-state index is 9.80. The first-order chi connectivity index (χ1) is 18.1. The molecule has 0 atom stereocenters. The topological polar surface area (TPSA) is 80.2 Å². The molecule has 190 valence electrons. The Labute approximate surface area is 218 Å². The molecule has 0 spiro atoms. The number of aromatic nitrogens is 2. The van der Waals surface area contributed by atoms with Gasteiger partial charge in [-0.3, -0.25) is 4.98 Å². The zero-order valence-electron chi connectivity index (χ0n) is 21.6. The Hall–Kier alpha value is -3.86. The van der Waals surface area contributed by atoms with Crippen molar-refractivity contribution in [2.24, 2.45) is 0 Å². The van der Waals surface area contributed by atoms with E-state index < -0.39 is 0 Å². The first kappa shape index (κ1) is 24.8. The van der Waals surface area contributed by atoms with Gasteiger partial charge in [0.15, 0.2) is 0 Å². The normalized spacial score (nSPS) is 14.5. The Kier molecular flexibility index (Phi) is 7.69. The fourth-order valence-corrected chi connectivity index (χ4v) is 4.88. The maximum atomic E-state index is 9.80. The van der Waals surface area contributed by atoms with Crippen molar-refractivity contribution in [3.05, 3.63) is 72.2 Å². The summed E-state index contributed by atoms with van der Waals surface area (Å²) in [5, 5.41) is 14.5. The molecule has 37 heavy (non-hydrogen) atoms. The van der Waals surface area contributed by atoms with Crippen LogP contribution in [-0.4, -0.2) is 66.1 Å². The van der Waals surface area contributed by atoms with Gasteiger partial charge in [0.1, 0.15) is 11.8 Å². The molecular formula is C30H34N6O. The predicted molar refractivity (Wildman–Crippen MR) is 149 cm³/mol. The molecule has 1 fully saturated rings. The summed E-state index contributed by atoms with van der Waals surface area (Å²) >= 11 is 0. The summed E-state index contributed by atoms with van der Waals surface area (Å²) < 4.78 is 6.01. The smallest absolute Gasteiger partial charge is 0.119 e. The van der Waals surface area contributed by atoms with Crippen molar-refractivity contribution < 1.29 is 4.74 Å². The van der Waals surface area contributed by atoms with E-state index in [1.165, 1.54) is 0 Å². The van der Waals surface area contributed by atoms with Crippen LogP contribution in [0, 0.1) is 18.3 Å². The zero-order valence-corrected chi connectivity index (χ0v) is 21.6. The molecule has 0 bridgehead atoms. The summed E-state index contributed by atoms with van der Waals surface area (Å²) in [5.74, 6) is 0.857. The number of likely N-dealkylation sites (N-methyl/N-ethyl adjacent to an activating group) is 1. The minimum absolute atomic E-state index is 0.506. The first-order valence-corrected chi connectivity index (χ1v) is 13.0. The Bertz CT molecular complexity index is 1380. The molecule has 1 aliphatic heterocycles. The van der Waals surface area contributed by atoms with Crippen molar-refractivity contribution in [2.45, 2.75) is 19.8 Å². The van der Waals surface area contributed by atoms with Gasteiger partial charge in [0.2, 0.25) is 0 Å². The molecule has 4 aromatic rings. The number of hydrogen-bond acceptors (Lipinski definition) is 6. The standard InChI is InChI=1S/C30H34N6O/c1-22-26-11-12-33-29(26)10-9-28(22)34-30-24(19-31)20-32-21-27(30)23-5-7-25(8-6-23)37-18-4-3-13-36-16-14-35(2)15-17-36/h5-12,20-21,33H,3-4,13-18H2,1-2H3,(H,32,34). The van der Waals surface area contributed by atoms with E-state index in [1.807, 2.05) is 42.7 Å². The number of aromatic amines is 1. The third kappa shape index (κ3) is 5.77. The number of benzene rings is 2.